The van der Waals surface area contributed by atoms with E-state index in [0.717, 1.165) is 23.3 Å². The van der Waals surface area contributed by atoms with E-state index >= 15 is 0 Å². The SMILES string of the molecule is C=CCN(CC(=O)N1CCc2sccc2[C@@H]1COc1ccccc1)C(=O)Nc1ccc(C)cc1. The average Bonchev–Trinajstić information content (AvgIpc) is 3.33. The molecular weight excluding hydrogens is 446 g/mol. The molecule has 6 nitrogen and oxygen atoms in total. The zero-order valence-electron chi connectivity index (χ0n) is 19.3. The van der Waals surface area contributed by atoms with Crippen molar-refractivity contribution < 1.29 is 14.3 Å². The molecule has 3 aromatic rings. The number of benzene rings is 2. The van der Waals surface area contributed by atoms with Crippen LogP contribution in [-0.2, 0) is 11.2 Å². The van der Waals surface area contributed by atoms with Crippen LogP contribution in [0.25, 0.3) is 0 Å². The number of nitrogens with one attached hydrogen (secondary N) is 1. The van der Waals surface area contributed by atoms with E-state index in [9.17, 15) is 9.59 Å². The van der Waals surface area contributed by atoms with Crippen LogP contribution in [0.4, 0.5) is 10.5 Å². The van der Waals surface area contributed by atoms with Crippen LogP contribution >= 0.6 is 11.3 Å². The van der Waals surface area contributed by atoms with E-state index in [1.54, 1.807) is 17.4 Å². The summed E-state index contributed by atoms with van der Waals surface area (Å²) in [6.45, 7) is 6.93. The van der Waals surface area contributed by atoms with Crippen LogP contribution in [0.2, 0.25) is 0 Å². The van der Waals surface area contributed by atoms with Crippen molar-refractivity contribution in [3.63, 3.8) is 0 Å². The molecule has 3 amide bonds. The summed E-state index contributed by atoms with van der Waals surface area (Å²) in [6, 6.07) is 18.7. The Morgan fingerprint density at radius 3 is 2.68 bits per heavy atom. The highest BCUT2D eigenvalue weighted by atomic mass is 32.1. The summed E-state index contributed by atoms with van der Waals surface area (Å²) in [7, 11) is 0. The summed E-state index contributed by atoms with van der Waals surface area (Å²) in [5, 5.41) is 4.94. The molecule has 0 saturated heterocycles. The van der Waals surface area contributed by atoms with Crippen LogP contribution in [-0.4, -0.2) is 48.0 Å². The van der Waals surface area contributed by atoms with Crippen molar-refractivity contribution in [3.8, 4) is 5.75 Å². The predicted octanol–water partition coefficient (Wildman–Crippen LogP) is 5.28. The summed E-state index contributed by atoms with van der Waals surface area (Å²) < 4.78 is 6.04. The molecular formula is C27H29N3O3S. The second-order valence-electron chi connectivity index (χ2n) is 8.24. The lowest BCUT2D eigenvalue weighted by Crippen LogP contribution is -2.48. The Hall–Kier alpha value is -3.58. The van der Waals surface area contributed by atoms with Crippen molar-refractivity contribution in [1.29, 1.82) is 0 Å². The first-order valence-corrected chi connectivity index (χ1v) is 12.2. The molecule has 0 spiro atoms. The van der Waals surface area contributed by atoms with E-state index in [1.807, 2.05) is 66.4 Å². The van der Waals surface area contributed by atoms with Crippen molar-refractivity contribution in [2.45, 2.75) is 19.4 Å². The van der Waals surface area contributed by atoms with Gasteiger partial charge in [0.25, 0.3) is 0 Å². The van der Waals surface area contributed by atoms with Gasteiger partial charge in [0.05, 0.1) is 6.04 Å². The van der Waals surface area contributed by atoms with E-state index in [-0.39, 0.29) is 31.1 Å². The lowest BCUT2D eigenvalue weighted by molar-refractivity contribution is -0.135. The molecule has 1 aliphatic heterocycles. The molecule has 7 heteroatoms. The second-order valence-corrected chi connectivity index (χ2v) is 9.24. The number of rotatable bonds is 8. The number of amides is 3. The maximum atomic E-state index is 13.5. The second kappa shape index (κ2) is 11.0. The van der Waals surface area contributed by atoms with Crippen LogP contribution in [0.1, 0.15) is 22.0 Å². The maximum Gasteiger partial charge on any atom is 0.322 e. The molecule has 1 N–H and O–H groups in total. The van der Waals surface area contributed by atoms with Crippen LogP contribution in [0.15, 0.2) is 78.7 Å². The van der Waals surface area contributed by atoms with Crippen LogP contribution in [0, 0.1) is 6.92 Å². The average molecular weight is 476 g/mol. The zero-order chi connectivity index (χ0) is 23.9. The molecule has 0 saturated carbocycles. The number of fused-ring (bicyclic) bond motifs is 1. The van der Waals surface area contributed by atoms with Crippen LogP contribution in [0.3, 0.4) is 0 Å². The van der Waals surface area contributed by atoms with E-state index in [1.165, 1.54) is 9.78 Å². The fraction of sp³-hybridized carbons (Fsp3) is 0.259. The van der Waals surface area contributed by atoms with Gasteiger partial charge in [-0.1, -0.05) is 42.0 Å². The molecule has 0 unspecified atom stereocenters. The van der Waals surface area contributed by atoms with Crippen LogP contribution < -0.4 is 10.1 Å². The molecule has 4 rings (SSSR count). The number of carbonyl (C=O) groups is 2. The largest absolute Gasteiger partial charge is 0.491 e. The normalized spacial score (nSPS) is 14.7. The molecule has 2 aromatic carbocycles. The lowest BCUT2D eigenvalue weighted by atomic mass is 10.0. The first-order chi connectivity index (χ1) is 16.5. The van der Waals surface area contributed by atoms with Crippen molar-refractivity contribution in [2.24, 2.45) is 0 Å². The van der Waals surface area contributed by atoms with Gasteiger partial charge in [0.1, 0.15) is 18.9 Å². The van der Waals surface area contributed by atoms with Gasteiger partial charge in [0, 0.05) is 23.7 Å². The van der Waals surface area contributed by atoms with E-state index in [2.05, 4.69) is 23.3 Å². The standard InChI is InChI=1S/C27H29N3O3S/c1-3-15-29(27(32)28-21-11-9-20(2)10-12-21)18-26(31)30-16-13-25-23(14-17-34-25)24(30)19-33-22-7-5-4-6-8-22/h3-12,14,17,24H,1,13,15-16,18-19H2,2H3,(H,28,32)/t24-/m0/s1. The Bertz CT molecular complexity index is 1130. The van der Waals surface area contributed by atoms with Gasteiger partial charge in [-0.2, -0.15) is 0 Å². The number of hydrogen-bond donors (Lipinski definition) is 1. The minimum Gasteiger partial charge on any atom is -0.491 e. The molecule has 0 radical (unpaired) electrons. The van der Waals surface area contributed by atoms with Gasteiger partial charge < -0.3 is 19.9 Å². The highest BCUT2D eigenvalue weighted by Gasteiger charge is 2.33. The number of nitrogens with zero attached hydrogens (tertiary/aromatic N) is 2. The summed E-state index contributed by atoms with van der Waals surface area (Å²) >= 11 is 1.71. The zero-order valence-corrected chi connectivity index (χ0v) is 20.1. The van der Waals surface area contributed by atoms with Gasteiger partial charge >= 0.3 is 6.03 Å². The van der Waals surface area contributed by atoms with Crippen molar-refractivity contribution in [3.05, 3.63) is 94.7 Å². The number of aryl methyl sites for hydroxylation is 1. The Morgan fingerprint density at radius 2 is 1.94 bits per heavy atom. The molecule has 1 aromatic heterocycles. The molecule has 34 heavy (non-hydrogen) atoms. The van der Waals surface area contributed by atoms with Gasteiger partial charge in [-0.25, -0.2) is 4.79 Å². The van der Waals surface area contributed by atoms with E-state index in [4.69, 9.17) is 4.74 Å². The smallest absolute Gasteiger partial charge is 0.322 e. The molecule has 0 aliphatic carbocycles. The topological polar surface area (TPSA) is 61.9 Å². The number of para-hydroxylation sites is 1. The Labute approximate surface area is 204 Å². The molecule has 0 bridgehead atoms. The molecule has 1 atom stereocenters. The summed E-state index contributed by atoms with van der Waals surface area (Å²) in [5.74, 6) is 0.655. The fourth-order valence-electron chi connectivity index (χ4n) is 4.04. The van der Waals surface area contributed by atoms with E-state index < -0.39 is 0 Å². The Kier molecular flexibility index (Phi) is 7.65. The monoisotopic (exact) mass is 475 g/mol. The molecule has 1 aliphatic rings. The minimum atomic E-state index is -0.331. The number of hydrogen-bond acceptors (Lipinski definition) is 4. The summed E-state index contributed by atoms with van der Waals surface area (Å²) in [5.41, 5.74) is 2.92. The first kappa shape index (κ1) is 23.6. The number of urea groups is 1. The van der Waals surface area contributed by atoms with Gasteiger partial charge in [-0.15, -0.1) is 17.9 Å². The predicted molar refractivity (Wildman–Crippen MR) is 136 cm³/mol. The first-order valence-electron chi connectivity index (χ1n) is 11.3. The fourth-order valence-corrected chi connectivity index (χ4v) is 4.96. The highest BCUT2D eigenvalue weighted by Crippen LogP contribution is 2.34. The summed E-state index contributed by atoms with van der Waals surface area (Å²) in [4.78, 5) is 31.0. The number of carbonyl (C=O) groups excluding carboxylic acids is 2. The molecule has 0 fully saturated rings. The third-order valence-corrected chi connectivity index (χ3v) is 6.83. The number of thiophene rings is 1. The lowest BCUT2D eigenvalue weighted by Gasteiger charge is -2.37. The Balaban J connectivity index is 1.47. The maximum absolute atomic E-state index is 13.5. The molecule has 2 heterocycles. The Morgan fingerprint density at radius 1 is 1.18 bits per heavy atom. The minimum absolute atomic E-state index is 0.0367. The third-order valence-electron chi connectivity index (χ3n) is 5.83. The quantitative estimate of drug-likeness (QED) is 0.451. The van der Waals surface area contributed by atoms with Gasteiger partial charge in [-0.3, -0.25) is 4.79 Å². The summed E-state index contributed by atoms with van der Waals surface area (Å²) in [6.07, 6.45) is 2.43. The van der Waals surface area contributed by atoms with Gasteiger partial charge in [-0.05, 0) is 54.6 Å². The van der Waals surface area contributed by atoms with Gasteiger partial charge in [0.2, 0.25) is 5.91 Å². The number of ether oxygens (including phenoxy) is 1. The molecule has 176 valence electrons. The third kappa shape index (κ3) is 5.66. The van der Waals surface area contributed by atoms with Crippen molar-refractivity contribution in [2.75, 3.05) is 31.6 Å². The van der Waals surface area contributed by atoms with Crippen LogP contribution in [0.5, 0.6) is 5.75 Å². The van der Waals surface area contributed by atoms with E-state index in [0.29, 0.717) is 18.8 Å². The number of anilines is 1. The highest BCUT2D eigenvalue weighted by molar-refractivity contribution is 7.10. The van der Waals surface area contributed by atoms with Crippen molar-refractivity contribution in [1.82, 2.24) is 9.80 Å². The van der Waals surface area contributed by atoms with Gasteiger partial charge in [0.15, 0.2) is 0 Å². The van der Waals surface area contributed by atoms with Crippen molar-refractivity contribution >= 4 is 29.0 Å².